The number of nitrogens with zero attached hydrogens (tertiary/aromatic N) is 5. The molecule has 10 heteroatoms. The zero-order valence-electron chi connectivity index (χ0n) is 17.1. The lowest BCUT2D eigenvalue weighted by molar-refractivity contribution is 0.00530. The molecule has 0 saturated carbocycles. The molecule has 2 saturated heterocycles. The molecular weight excluding hydrogens is 401 g/mol. The van der Waals surface area contributed by atoms with Crippen molar-refractivity contribution < 1.29 is 13.9 Å². The number of hydrogen-bond acceptors (Lipinski definition) is 8. The summed E-state index contributed by atoms with van der Waals surface area (Å²) < 4.78 is 27.3. The van der Waals surface area contributed by atoms with Gasteiger partial charge in [-0.25, -0.2) is 18.9 Å². The van der Waals surface area contributed by atoms with Gasteiger partial charge in [0, 0.05) is 18.7 Å². The first-order chi connectivity index (χ1) is 15.2. The molecule has 0 spiro atoms. The van der Waals surface area contributed by atoms with Gasteiger partial charge in [-0.3, -0.25) is 0 Å². The number of anilines is 1. The smallest absolute Gasteiger partial charge is 0.157 e. The van der Waals surface area contributed by atoms with Crippen molar-refractivity contribution in [2.24, 2.45) is 0 Å². The summed E-state index contributed by atoms with van der Waals surface area (Å²) in [4.78, 5) is 8.85. The Morgan fingerprint density at radius 1 is 1.39 bits per heavy atom. The summed E-state index contributed by atoms with van der Waals surface area (Å²) in [5, 5.41) is 20.8. The molecule has 1 atom stereocenters. The first-order valence-electron chi connectivity index (χ1n) is 10.3. The predicted octanol–water partition coefficient (Wildman–Crippen LogP) is 2.09. The highest BCUT2D eigenvalue weighted by atomic mass is 19.1. The molecule has 0 radical (unpaired) electrons. The lowest BCUT2D eigenvalue weighted by Gasteiger charge is -2.26. The minimum atomic E-state index is -0.600. The van der Waals surface area contributed by atoms with E-state index in [1.165, 1.54) is 12.3 Å². The third kappa shape index (κ3) is 3.56. The number of ether oxygens (including phenoxy) is 2. The number of nitrogens with one attached hydrogen (secondary N) is 2. The Bertz CT molecular complexity index is 1160. The fourth-order valence-corrected chi connectivity index (χ4v) is 3.95. The average molecular weight is 423 g/mol. The van der Waals surface area contributed by atoms with Crippen molar-refractivity contribution in [3.63, 3.8) is 0 Å². The van der Waals surface area contributed by atoms with E-state index in [1.54, 1.807) is 17.7 Å². The highest BCUT2D eigenvalue weighted by Crippen LogP contribution is 2.33. The van der Waals surface area contributed by atoms with E-state index in [4.69, 9.17) is 9.47 Å². The van der Waals surface area contributed by atoms with Crippen molar-refractivity contribution in [3.8, 4) is 23.2 Å². The van der Waals surface area contributed by atoms with Crippen LogP contribution in [0.1, 0.15) is 30.0 Å². The fraction of sp³-hybridized carbons (Fsp3) is 0.429. The Morgan fingerprint density at radius 3 is 2.94 bits per heavy atom. The molecule has 2 N–H and O–H groups in total. The number of piperidine rings is 1. The molecule has 2 aliphatic rings. The van der Waals surface area contributed by atoms with Crippen molar-refractivity contribution in [1.82, 2.24) is 24.9 Å². The van der Waals surface area contributed by atoms with Gasteiger partial charge in [0.05, 0.1) is 38.0 Å². The number of halogens is 1. The molecule has 0 unspecified atom stereocenters. The van der Waals surface area contributed by atoms with E-state index >= 15 is 4.39 Å². The topological polar surface area (TPSA) is 109 Å². The van der Waals surface area contributed by atoms with Crippen LogP contribution in [0.3, 0.4) is 0 Å². The maximum Gasteiger partial charge on any atom is 0.157 e. The van der Waals surface area contributed by atoms with Crippen LogP contribution in [0.25, 0.3) is 17.0 Å². The van der Waals surface area contributed by atoms with Gasteiger partial charge in [0.1, 0.15) is 34.7 Å². The Morgan fingerprint density at radius 2 is 2.26 bits per heavy atom. The number of fused-ring (bicyclic) bond motifs is 1. The zero-order valence-corrected chi connectivity index (χ0v) is 17.1. The molecular formula is C21H22FN7O2. The molecule has 5 rings (SSSR count). The summed E-state index contributed by atoms with van der Waals surface area (Å²) in [5.74, 6) is 0.503. The third-order valence-corrected chi connectivity index (χ3v) is 5.71. The Kier molecular flexibility index (Phi) is 5.13. The normalized spacial score (nSPS) is 19.1. The van der Waals surface area contributed by atoms with Gasteiger partial charge in [-0.1, -0.05) is 0 Å². The van der Waals surface area contributed by atoms with Crippen LogP contribution in [-0.4, -0.2) is 59.0 Å². The van der Waals surface area contributed by atoms with E-state index in [9.17, 15) is 5.26 Å². The Labute approximate surface area is 178 Å². The van der Waals surface area contributed by atoms with Crippen LogP contribution in [0.2, 0.25) is 0 Å². The van der Waals surface area contributed by atoms with E-state index in [2.05, 4.69) is 25.7 Å². The van der Waals surface area contributed by atoms with Crippen LogP contribution in [0.15, 0.2) is 18.3 Å². The molecule has 2 fully saturated rings. The number of hydrogen-bond donors (Lipinski definition) is 2. The first-order valence-corrected chi connectivity index (χ1v) is 10.3. The molecule has 3 aromatic rings. The minimum absolute atomic E-state index is 0.0891. The van der Waals surface area contributed by atoms with Crippen molar-refractivity contribution in [2.75, 3.05) is 38.7 Å². The van der Waals surface area contributed by atoms with Gasteiger partial charge in [-0.15, -0.1) is 0 Å². The third-order valence-electron chi connectivity index (χ3n) is 5.71. The molecule has 0 bridgehead atoms. The molecule has 3 aromatic heterocycles. The summed E-state index contributed by atoms with van der Waals surface area (Å²) in [6.07, 6.45) is 3.52. The van der Waals surface area contributed by atoms with E-state index < -0.39 is 5.82 Å². The zero-order chi connectivity index (χ0) is 21.4. The number of nitriles is 1. The average Bonchev–Trinajstić information content (AvgIpc) is 3.16. The van der Waals surface area contributed by atoms with Gasteiger partial charge in [0.25, 0.3) is 0 Å². The van der Waals surface area contributed by atoms with Crippen molar-refractivity contribution in [1.29, 1.82) is 5.26 Å². The van der Waals surface area contributed by atoms with Gasteiger partial charge in [-0.2, -0.15) is 10.4 Å². The standard InChI is InChI=1S/C21H22FN7O2/c1-30-17-6-18-25-9-16(29(18)28-19(17)13-10-31-11-13)20-15(22)5-12(7-23)21(27-20)26-14-3-2-4-24-8-14/h5-6,9,13-14,24H,2-4,8,10-11H2,1H3,(H,26,27)/t14-/m1/s1. The fourth-order valence-electron chi connectivity index (χ4n) is 3.95. The molecule has 31 heavy (non-hydrogen) atoms. The van der Waals surface area contributed by atoms with Crippen molar-refractivity contribution >= 4 is 11.5 Å². The van der Waals surface area contributed by atoms with E-state index in [0.717, 1.165) is 31.6 Å². The van der Waals surface area contributed by atoms with E-state index in [-0.39, 0.29) is 23.2 Å². The van der Waals surface area contributed by atoms with Gasteiger partial charge in [0.15, 0.2) is 11.5 Å². The van der Waals surface area contributed by atoms with Crippen LogP contribution >= 0.6 is 0 Å². The predicted molar refractivity (Wildman–Crippen MR) is 111 cm³/mol. The quantitative estimate of drug-likeness (QED) is 0.642. The summed E-state index contributed by atoms with van der Waals surface area (Å²) in [6, 6.07) is 5.15. The van der Waals surface area contributed by atoms with Gasteiger partial charge in [0.2, 0.25) is 0 Å². The maximum atomic E-state index is 15.0. The number of rotatable bonds is 5. The molecule has 0 amide bonds. The van der Waals surface area contributed by atoms with Crippen LogP contribution in [0.5, 0.6) is 5.75 Å². The molecule has 160 valence electrons. The Hall–Kier alpha value is -3.29. The summed E-state index contributed by atoms with van der Waals surface area (Å²) in [6.45, 7) is 2.86. The summed E-state index contributed by atoms with van der Waals surface area (Å²) in [7, 11) is 1.58. The van der Waals surface area contributed by atoms with Gasteiger partial charge in [-0.05, 0) is 25.5 Å². The van der Waals surface area contributed by atoms with Gasteiger partial charge >= 0.3 is 0 Å². The highest BCUT2D eigenvalue weighted by molar-refractivity contribution is 5.66. The van der Waals surface area contributed by atoms with E-state index in [0.29, 0.717) is 36.1 Å². The SMILES string of the molecule is COc1cc2ncc(-c3nc(N[C@@H]4CCCNC4)c(C#N)cc3F)n2nc1C1COC1. The molecule has 2 aliphatic heterocycles. The minimum Gasteiger partial charge on any atom is -0.495 e. The van der Waals surface area contributed by atoms with Crippen LogP contribution in [-0.2, 0) is 4.74 Å². The first kappa shape index (κ1) is 19.7. The summed E-state index contributed by atoms with van der Waals surface area (Å²) in [5.41, 5.74) is 1.92. The maximum absolute atomic E-state index is 15.0. The largest absolute Gasteiger partial charge is 0.495 e. The van der Waals surface area contributed by atoms with Crippen LogP contribution in [0.4, 0.5) is 10.2 Å². The number of imidazole rings is 1. The number of methoxy groups -OCH3 is 1. The second-order valence-corrected chi connectivity index (χ2v) is 7.76. The number of aromatic nitrogens is 4. The lowest BCUT2D eigenvalue weighted by Crippen LogP contribution is -2.38. The highest BCUT2D eigenvalue weighted by Gasteiger charge is 2.28. The second-order valence-electron chi connectivity index (χ2n) is 7.76. The molecule has 0 aromatic carbocycles. The lowest BCUT2D eigenvalue weighted by atomic mass is 10.0. The van der Waals surface area contributed by atoms with Crippen molar-refractivity contribution in [3.05, 3.63) is 35.4 Å². The van der Waals surface area contributed by atoms with Crippen molar-refractivity contribution in [2.45, 2.75) is 24.8 Å². The van der Waals surface area contributed by atoms with Gasteiger partial charge < -0.3 is 20.1 Å². The number of pyridine rings is 1. The second kappa shape index (κ2) is 8.09. The monoisotopic (exact) mass is 423 g/mol. The molecule has 9 nitrogen and oxygen atoms in total. The van der Waals surface area contributed by atoms with E-state index in [1.807, 2.05) is 6.07 Å². The van der Waals surface area contributed by atoms with Crippen LogP contribution in [0, 0.1) is 17.1 Å². The molecule has 0 aliphatic carbocycles. The van der Waals surface area contributed by atoms with Crippen LogP contribution < -0.4 is 15.4 Å². The molecule has 5 heterocycles. The summed E-state index contributed by atoms with van der Waals surface area (Å²) >= 11 is 0. The Balaban J connectivity index is 1.59.